The van der Waals surface area contributed by atoms with Crippen LogP contribution in [-0.4, -0.2) is 39.0 Å². The number of hydrogen-bond donors (Lipinski definition) is 0. The maximum atomic E-state index is 6.51. The molecule has 0 aliphatic heterocycles. The first-order chi connectivity index (χ1) is 44.6. The summed E-state index contributed by atoms with van der Waals surface area (Å²) >= 11 is 0. The Labute approximate surface area is 509 Å². The molecule has 0 unspecified atom stereocenters. The lowest BCUT2D eigenvalue weighted by Gasteiger charge is -2.11. The molecule has 0 bridgehead atoms. The van der Waals surface area contributed by atoms with Gasteiger partial charge in [-0.15, -0.1) is 0 Å². The normalized spacial score (nSPS) is 12.0. The van der Waals surface area contributed by atoms with E-state index in [1.807, 2.05) is 170 Å². The Bertz CT molecular complexity index is 6310. The fourth-order valence-corrected chi connectivity index (χ4v) is 13.3. The smallest absolute Gasteiger partial charge is 0.238 e. The largest absolute Gasteiger partial charge is 0.456 e. The number of furan rings is 4. The van der Waals surface area contributed by atoms with Crippen LogP contribution in [0.25, 0.3) is 189 Å². The first-order valence-electron chi connectivity index (χ1n) is 29.7. The van der Waals surface area contributed by atoms with Gasteiger partial charge in [0.2, 0.25) is 11.9 Å². The van der Waals surface area contributed by atoms with Gasteiger partial charge in [0, 0.05) is 70.4 Å². The van der Waals surface area contributed by atoms with E-state index in [9.17, 15) is 0 Å². The molecule has 420 valence electrons. The molecule has 20 rings (SSSR count). The molecule has 12 nitrogen and oxygen atoms in total. The molecule has 12 aromatic carbocycles. The van der Waals surface area contributed by atoms with Crippen molar-refractivity contribution < 1.29 is 17.7 Å². The Morgan fingerprint density at radius 3 is 1.17 bits per heavy atom. The number of fused-ring (bicyclic) bond motifs is 19. The number of rotatable bonds is 6. The van der Waals surface area contributed by atoms with Gasteiger partial charge in [0.05, 0.1) is 38.6 Å². The summed E-state index contributed by atoms with van der Waals surface area (Å²) in [6, 6.07) is 90.2. The van der Waals surface area contributed by atoms with Crippen LogP contribution in [0.4, 0.5) is 0 Å². The van der Waals surface area contributed by atoms with E-state index >= 15 is 0 Å². The lowest BCUT2D eigenvalue weighted by Crippen LogP contribution is -2.06. The summed E-state index contributed by atoms with van der Waals surface area (Å²) in [5.74, 6) is 3.31. The molecule has 0 radical (unpaired) electrons. The molecule has 0 N–H and O–H groups in total. The van der Waals surface area contributed by atoms with Crippen LogP contribution in [0.5, 0.6) is 0 Å². The monoisotopic (exact) mass is 1160 g/mol. The first-order valence-corrected chi connectivity index (χ1v) is 29.7. The van der Waals surface area contributed by atoms with Crippen molar-refractivity contribution in [3.63, 3.8) is 0 Å². The van der Waals surface area contributed by atoms with E-state index in [4.69, 9.17) is 47.6 Å². The summed E-state index contributed by atoms with van der Waals surface area (Å²) in [5, 5.41) is 12.7. The van der Waals surface area contributed by atoms with Crippen LogP contribution >= 0.6 is 0 Å². The van der Waals surface area contributed by atoms with Crippen molar-refractivity contribution >= 4 is 131 Å². The van der Waals surface area contributed by atoms with Gasteiger partial charge in [-0.3, -0.25) is 9.13 Å². The highest BCUT2D eigenvalue weighted by atomic mass is 16.3. The molecule has 8 heterocycles. The zero-order valence-corrected chi connectivity index (χ0v) is 47.6. The second-order valence-corrected chi connectivity index (χ2v) is 22.5. The Kier molecular flexibility index (Phi) is 10.8. The van der Waals surface area contributed by atoms with Crippen LogP contribution in [0.15, 0.2) is 285 Å². The van der Waals surface area contributed by atoms with Crippen LogP contribution in [0, 0.1) is 0 Å². The van der Waals surface area contributed by atoms with Crippen molar-refractivity contribution in [1.82, 2.24) is 39.0 Å². The highest BCUT2D eigenvalue weighted by Gasteiger charge is 2.25. The first kappa shape index (κ1) is 49.7. The SMILES string of the molecule is c1ccc(-c2nc(-c3cccc4c3oc3ccccc34)nc(-n3c4ccccc4c4c5oc6ccccc6c5ccc43)n2)cc1.c1ccc(-c2nc(-c3cccc4c3oc3ccccc34)nc(-n3c4ccccc4c4cc5oc6ccccc6c5cc43)n2)cc1. The van der Waals surface area contributed by atoms with Crippen molar-refractivity contribution in [3.8, 4) is 57.4 Å². The minimum Gasteiger partial charge on any atom is -0.456 e. The number of hydrogen-bond acceptors (Lipinski definition) is 10. The van der Waals surface area contributed by atoms with E-state index in [2.05, 4.69) is 106 Å². The molecule has 0 fully saturated rings. The molecule has 20 aromatic rings. The Morgan fingerprint density at radius 1 is 0.222 bits per heavy atom. The minimum absolute atomic E-state index is 0.522. The van der Waals surface area contributed by atoms with Gasteiger partial charge in [0.25, 0.3) is 0 Å². The van der Waals surface area contributed by atoms with E-state index in [1.54, 1.807) is 0 Å². The number of benzene rings is 12. The maximum absolute atomic E-state index is 6.51. The highest BCUT2D eigenvalue weighted by molar-refractivity contribution is 6.24. The molecule has 12 heteroatoms. The summed E-state index contributed by atoms with van der Waals surface area (Å²) < 4.78 is 29.9. The van der Waals surface area contributed by atoms with E-state index in [0.717, 1.165) is 154 Å². The molecular formula is C78H44N8O4. The summed E-state index contributed by atoms with van der Waals surface area (Å²) in [5.41, 5.74) is 14.0. The average Bonchev–Trinajstić information content (AvgIpc) is 1.58. The summed E-state index contributed by atoms with van der Waals surface area (Å²) in [6.07, 6.45) is 0. The molecule has 0 saturated carbocycles. The van der Waals surface area contributed by atoms with E-state index in [0.29, 0.717) is 35.2 Å². The number of para-hydroxylation sites is 8. The summed E-state index contributed by atoms with van der Waals surface area (Å²) in [7, 11) is 0. The lowest BCUT2D eigenvalue weighted by atomic mass is 10.1. The second kappa shape index (κ2) is 19.5. The van der Waals surface area contributed by atoms with Crippen molar-refractivity contribution in [2.45, 2.75) is 0 Å². The third-order valence-corrected chi connectivity index (χ3v) is 17.4. The van der Waals surface area contributed by atoms with Crippen molar-refractivity contribution in [2.24, 2.45) is 0 Å². The predicted octanol–water partition coefficient (Wildman–Crippen LogP) is 20.2. The molecule has 90 heavy (non-hydrogen) atoms. The van der Waals surface area contributed by atoms with Crippen LogP contribution in [0.3, 0.4) is 0 Å². The Hall–Kier alpha value is -12.5. The molecule has 0 atom stereocenters. The van der Waals surface area contributed by atoms with Gasteiger partial charge in [-0.25, -0.2) is 9.97 Å². The fraction of sp³-hybridized carbons (Fsp3) is 0. The van der Waals surface area contributed by atoms with Gasteiger partial charge in [-0.05, 0) is 72.8 Å². The quantitative estimate of drug-likeness (QED) is 0.158. The minimum atomic E-state index is 0.522. The average molecular weight is 1160 g/mol. The third-order valence-electron chi connectivity index (χ3n) is 17.4. The Morgan fingerprint density at radius 2 is 0.622 bits per heavy atom. The van der Waals surface area contributed by atoms with Gasteiger partial charge in [-0.1, -0.05) is 194 Å². The van der Waals surface area contributed by atoms with Gasteiger partial charge >= 0.3 is 0 Å². The lowest BCUT2D eigenvalue weighted by molar-refractivity contribution is 0.669. The molecular weight excluding hydrogens is 1110 g/mol. The van der Waals surface area contributed by atoms with E-state index in [-0.39, 0.29) is 0 Å². The van der Waals surface area contributed by atoms with E-state index in [1.165, 1.54) is 0 Å². The number of aromatic nitrogens is 8. The predicted molar refractivity (Wildman–Crippen MR) is 359 cm³/mol. The second-order valence-electron chi connectivity index (χ2n) is 22.5. The van der Waals surface area contributed by atoms with Gasteiger partial charge < -0.3 is 17.7 Å². The standard InChI is InChI=1S/2C39H22N4O2/c1-2-11-23(12-3-1)37-40-38(28-17-10-16-27-25-14-5-9-20-34(25)45-36(27)28)42-39(41-37)43-31-18-7-4-13-24(31)29-22-35-30(21-32(29)43)26-15-6-8-19-33(26)44-35;1-2-11-23(12-3-1)37-40-38(29-17-10-16-26-24-13-5-8-19-32(24)44-35(26)29)42-39(41-37)43-30-18-7-4-15-28(30)34-31(43)22-21-27-25-14-6-9-20-33(25)45-36(27)34/h2*1-22H. The van der Waals surface area contributed by atoms with Crippen molar-refractivity contribution in [1.29, 1.82) is 0 Å². The van der Waals surface area contributed by atoms with Gasteiger partial charge in [0.1, 0.15) is 44.7 Å². The van der Waals surface area contributed by atoms with Crippen LogP contribution in [0.2, 0.25) is 0 Å². The molecule has 0 aliphatic rings. The summed E-state index contributed by atoms with van der Waals surface area (Å²) in [4.78, 5) is 30.6. The van der Waals surface area contributed by atoms with Crippen molar-refractivity contribution in [3.05, 3.63) is 267 Å². The Balaban J connectivity index is 0.000000130. The van der Waals surface area contributed by atoms with Crippen LogP contribution in [-0.2, 0) is 0 Å². The van der Waals surface area contributed by atoms with Crippen molar-refractivity contribution in [2.75, 3.05) is 0 Å². The molecule has 0 amide bonds. The zero-order chi connectivity index (χ0) is 59.0. The van der Waals surface area contributed by atoms with Gasteiger partial charge in [0.15, 0.2) is 23.3 Å². The van der Waals surface area contributed by atoms with Crippen LogP contribution < -0.4 is 0 Å². The zero-order valence-electron chi connectivity index (χ0n) is 47.6. The molecule has 0 aliphatic carbocycles. The van der Waals surface area contributed by atoms with Gasteiger partial charge in [-0.2, -0.15) is 19.9 Å². The topological polar surface area (TPSA) is 140 Å². The molecule has 8 aromatic heterocycles. The van der Waals surface area contributed by atoms with Crippen LogP contribution in [0.1, 0.15) is 0 Å². The van der Waals surface area contributed by atoms with E-state index < -0.39 is 0 Å². The fourth-order valence-electron chi connectivity index (χ4n) is 13.3. The maximum Gasteiger partial charge on any atom is 0.238 e. The summed E-state index contributed by atoms with van der Waals surface area (Å²) in [6.45, 7) is 0. The molecule has 0 saturated heterocycles. The number of nitrogens with zero attached hydrogens (tertiary/aromatic N) is 8. The highest BCUT2D eigenvalue weighted by Crippen LogP contribution is 2.43. The third kappa shape index (κ3) is 7.61. The molecule has 0 spiro atoms.